The fraction of sp³-hybridized carbons (Fsp3) is 0.267. The van der Waals surface area contributed by atoms with E-state index in [0.717, 1.165) is 4.90 Å². The van der Waals surface area contributed by atoms with Crippen LogP contribution in [0.3, 0.4) is 0 Å². The molecule has 0 aliphatic heterocycles. The number of hydrogen-bond donors (Lipinski definition) is 1. The maximum atomic E-state index is 14.0. The van der Waals surface area contributed by atoms with Crippen molar-refractivity contribution in [3.8, 4) is 0 Å². The number of rotatable bonds is 7. The van der Waals surface area contributed by atoms with Gasteiger partial charge in [0.1, 0.15) is 10.8 Å². The molecule has 0 aliphatic carbocycles. The van der Waals surface area contributed by atoms with Gasteiger partial charge in [0, 0.05) is 36.9 Å². The van der Waals surface area contributed by atoms with E-state index < -0.39 is 0 Å². The van der Waals surface area contributed by atoms with Crippen LogP contribution in [0.15, 0.2) is 46.5 Å². The lowest BCUT2D eigenvalue weighted by molar-refractivity contribution is 0.199. The van der Waals surface area contributed by atoms with E-state index in [1.807, 2.05) is 6.07 Å². The molecule has 0 bridgehead atoms. The Morgan fingerprint density at radius 1 is 1.33 bits per heavy atom. The van der Waals surface area contributed by atoms with Crippen LogP contribution in [-0.2, 0) is 11.3 Å². The van der Waals surface area contributed by atoms with Crippen LogP contribution < -0.4 is 5.32 Å². The van der Waals surface area contributed by atoms with Crippen molar-refractivity contribution in [2.45, 2.75) is 16.5 Å². The molecule has 3 nitrogen and oxygen atoms in total. The zero-order chi connectivity index (χ0) is 15.1. The van der Waals surface area contributed by atoms with Gasteiger partial charge >= 0.3 is 0 Å². The van der Waals surface area contributed by atoms with Crippen molar-refractivity contribution >= 4 is 23.4 Å². The highest BCUT2D eigenvalue weighted by molar-refractivity contribution is 7.99. The van der Waals surface area contributed by atoms with E-state index in [2.05, 4.69) is 10.3 Å². The highest BCUT2D eigenvalue weighted by Crippen LogP contribution is 2.34. The first-order valence-electron chi connectivity index (χ1n) is 6.47. The van der Waals surface area contributed by atoms with Gasteiger partial charge in [0.15, 0.2) is 0 Å². The van der Waals surface area contributed by atoms with Crippen LogP contribution in [0.4, 0.5) is 4.39 Å². The molecule has 1 aromatic heterocycles. The van der Waals surface area contributed by atoms with Crippen molar-refractivity contribution in [2.75, 3.05) is 20.3 Å². The average Bonchev–Trinajstić information content (AvgIpc) is 2.48. The quantitative estimate of drug-likeness (QED) is 0.786. The van der Waals surface area contributed by atoms with E-state index in [0.29, 0.717) is 35.3 Å². The van der Waals surface area contributed by atoms with Gasteiger partial charge in [-0.3, -0.25) is 0 Å². The summed E-state index contributed by atoms with van der Waals surface area (Å²) in [4.78, 5) is 5.03. The number of benzene rings is 1. The molecule has 0 radical (unpaired) electrons. The summed E-state index contributed by atoms with van der Waals surface area (Å²) in [7, 11) is 1.63. The van der Waals surface area contributed by atoms with Gasteiger partial charge in [-0.2, -0.15) is 0 Å². The van der Waals surface area contributed by atoms with Gasteiger partial charge in [0.25, 0.3) is 0 Å². The number of hydrogen-bond acceptors (Lipinski definition) is 4. The second-order valence-electron chi connectivity index (χ2n) is 4.28. The Bertz CT molecular complexity index is 598. The molecule has 6 heteroatoms. The molecule has 2 aromatic rings. The predicted molar refractivity (Wildman–Crippen MR) is 83.4 cm³/mol. The van der Waals surface area contributed by atoms with Gasteiger partial charge in [0.2, 0.25) is 0 Å². The minimum atomic E-state index is -0.239. The van der Waals surface area contributed by atoms with Gasteiger partial charge in [-0.05, 0) is 24.3 Å². The molecular formula is C15H16ClFN2OS. The third-order valence-electron chi connectivity index (χ3n) is 2.79. The van der Waals surface area contributed by atoms with Crippen molar-refractivity contribution in [3.63, 3.8) is 0 Å². The molecule has 1 heterocycles. The SMILES string of the molecule is COCCNCc1c(F)cccc1Sc1ncccc1Cl. The van der Waals surface area contributed by atoms with Gasteiger partial charge in [-0.15, -0.1) is 0 Å². The maximum absolute atomic E-state index is 14.0. The first-order chi connectivity index (χ1) is 10.2. The summed E-state index contributed by atoms with van der Waals surface area (Å²) in [6.07, 6.45) is 1.67. The first-order valence-corrected chi connectivity index (χ1v) is 7.67. The van der Waals surface area contributed by atoms with Crippen molar-refractivity contribution < 1.29 is 9.13 Å². The Labute approximate surface area is 132 Å². The molecule has 0 saturated carbocycles. The molecule has 0 fully saturated rings. The van der Waals surface area contributed by atoms with Crippen molar-refractivity contribution in [1.82, 2.24) is 10.3 Å². The second kappa shape index (κ2) is 8.34. The van der Waals surface area contributed by atoms with Gasteiger partial charge in [-0.1, -0.05) is 29.4 Å². The molecule has 0 aliphatic rings. The molecule has 1 aromatic carbocycles. The lowest BCUT2D eigenvalue weighted by Crippen LogP contribution is -2.19. The highest BCUT2D eigenvalue weighted by atomic mass is 35.5. The standard InChI is InChI=1S/C15H16ClFN2OS/c1-20-9-8-18-10-11-13(17)5-2-6-14(11)21-15-12(16)4-3-7-19-15/h2-7,18H,8-10H2,1H3. The third-order valence-corrected chi connectivity index (χ3v) is 4.33. The first kappa shape index (κ1) is 16.2. The molecule has 0 saturated heterocycles. The Balaban J connectivity index is 2.15. The van der Waals surface area contributed by atoms with Crippen LogP contribution in [0.5, 0.6) is 0 Å². The monoisotopic (exact) mass is 326 g/mol. The lowest BCUT2D eigenvalue weighted by Gasteiger charge is -2.11. The summed E-state index contributed by atoms with van der Waals surface area (Å²) in [6, 6.07) is 8.55. The Hall–Kier alpha value is -1.14. The van der Waals surface area contributed by atoms with Crippen LogP contribution in [0.1, 0.15) is 5.56 Å². The normalized spacial score (nSPS) is 10.8. The van der Waals surface area contributed by atoms with Crippen LogP contribution in [0.25, 0.3) is 0 Å². The van der Waals surface area contributed by atoms with Crippen molar-refractivity contribution in [1.29, 1.82) is 0 Å². The fourth-order valence-corrected chi connectivity index (χ4v) is 2.91. The summed E-state index contributed by atoms with van der Waals surface area (Å²) in [5.74, 6) is -0.239. The number of ether oxygens (including phenoxy) is 1. The molecule has 0 spiro atoms. The van der Waals surface area contributed by atoms with E-state index in [1.54, 1.807) is 31.5 Å². The zero-order valence-corrected chi connectivity index (χ0v) is 13.2. The molecule has 21 heavy (non-hydrogen) atoms. The molecule has 112 valence electrons. The van der Waals surface area contributed by atoms with Gasteiger partial charge < -0.3 is 10.1 Å². The van der Waals surface area contributed by atoms with E-state index in [9.17, 15) is 4.39 Å². The Morgan fingerprint density at radius 2 is 2.19 bits per heavy atom. The minimum Gasteiger partial charge on any atom is -0.383 e. The summed E-state index contributed by atoms with van der Waals surface area (Å²) in [6.45, 7) is 1.69. The Kier molecular flexibility index (Phi) is 6.45. The molecule has 1 N–H and O–H groups in total. The molecule has 0 unspecified atom stereocenters. The molecule has 2 rings (SSSR count). The minimum absolute atomic E-state index is 0.239. The fourth-order valence-electron chi connectivity index (χ4n) is 1.74. The number of pyridine rings is 1. The van der Waals surface area contributed by atoms with Crippen LogP contribution >= 0.6 is 23.4 Å². The van der Waals surface area contributed by atoms with Crippen LogP contribution in [0, 0.1) is 5.82 Å². The van der Waals surface area contributed by atoms with Gasteiger partial charge in [0.05, 0.1) is 11.6 Å². The lowest BCUT2D eigenvalue weighted by atomic mass is 10.2. The van der Waals surface area contributed by atoms with Crippen molar-refractivity contribution in [2.24, 2.45) is 0 Å². The smallest absolute Gasteiger partial charge is 0.128 e. The third kappa shape index (κ3) is 4.68. The van der Waals surface area contributed by atoms with E-state index in [1.165, 1.54) is 17.8 Å². The van der Waals surface area contributed by atoms with Crippen LogP contribution in [-0.4, -0.2) is 25.2 Å². The summed E-state index contributed by atoms with van der Waals surface area (Å²) < 4.78 is 19.0. The number of aromatic nitrogens is 1. The second-order valence-corrected chi connectivity index (χ2v) is 5.72. The number of nitrogens with one attached hydrogen (secondary N) is 1. The summed E-state index contributed by atoms with van der Waals surface area (Å²) in [5.41, 5.74) is 0.611. The number of nitrogens with zero attached hydrogens (tertiary/aromatic N) is 1. The van der Waals surface area contributed by atoms with Crippen molar-refractivity contribution in [3.05, 3.63) is 52.9 Å². The summed E-state index contributed by atoms with van der Waals surface area (Å²) in [5, 5.41) is 4.38. The molecule has 0 atom stereocenters. The average molecular weight is 327 g/mol. The largest absolute Gasteiger partial charge is 0.383 e. The van der Waals surface area contributed by atoms with Gasteiger partial charge in [-0.25, -0.2) is 9.37 Å². The maximum Gasteiger partial charge on any atom is 0.128 e. The highest BCUT2D eigenvalue weighted by Gasteiger charge is 2.11. The number of methoxy groups -OCH3 is 1. The van der Waals surface area contributed by atoms with E-state index in [-0.39, 0.29) is 5.82 Å². The predicted octanol–water partition coefficient (Wildman–Crippen LogP) is 3.76. The summed E-state index contributed by atoms with van der Waals surface area (Å²) >= 11 is 7.47. The van der Waals surface area contributed by atoms with E-state index in [4.69, 9.17) is 16.3 Å². The topological polar surface area (TPSA) is 34.1 Å². The van der Waals surface area contributed by atoms with Crippen LogP contribution in [0.2, 0.25) is 5.02 Å². The number of halogens is 2. The molecular weight excluding hydrogens is 311 g/mol. The van der Waals surface area contributed by atoms with E-state index >= 15 is 0 Å². The zero-order valence-electron chi connectivity index (χ0n) is 11.6. The Morgan fingerprint density at radius 3 is 2.95 bits per heavy atom. The molecule has 0 amide bonds.